The van der Waals surface area contributed by atoms with E-state index in [4.69, 9.17) is 9.47 Å². The summed E-state index contributed by atoms with van der Waals surface area (Å²) in [5, 5.41) is 0. The van der Waals surface area contributed by atoms with Crippen LogP contribution in [0.1, 0.15) is 13.8 Å². The minimum atomic E-state index is -0.757. The monoisotopic (exact) mass is 244 g/mol. The van der Waals surface area contributed by atoms with Gasteiger partial charge in [-0.1, -0.05) is 13.0 Å². The lowest BCUT2D eigenvalue weighted by molar-refractivity contribution is -0.149. The maximum Gasteiger partial charge on any atom is 0.339 e. The first-order chi connectivity index (χ1) is 7.97. The van der Waals surface area contributed by atoms with Crippen molar-refractivity contribution in [1.82, 2.24) is 0 Å². The van der Waals surface area contributed by atoms with Crippen LogP contribution in [0.4, 0.5) is 0 Å². The van der Waals surface area contributed by atoms with E-state index in [1.807, 2.05) is 6.92 Å². The Hall–Kier alpha value is -1.20. The third-order valence-electron chi connectivity index (χ3n) is 2.41. The van der Waals surface area contributed by atoms with E-state index >= 15 is 0 Å². The molecular formula is C12H20O5. The maximum absolute atomic E-state index is 11.2. The molecule has 0 aromatic rings. The standard InChI is InChI=1S/C12H20O5/c1-8(11(16-4)9(2)13)6-7-10(15-3)12(14)17-5/h6-8,10-11H,1-5H3/b7-6+/t8-,10-,11+/m0/s1. The second-order valence-corrected chi connectivity index (χ2v) is 3.69. The molecule has 0 N–H and O–H groups in total. The zero-order valence-electron chi connectivity index (χ0n) is 10.9. The van der Waals surface area contributed by atoms with Crippen LogP contribution in [0, 0.1) is 5.92 Å². The van der Waals surface area contributed by atoms with Crippen molar-refractivity contribution in [3.63, 3.8) is 0 Å². The van der Waals surface area contributed by atoms with Gasteiger partial charge in [0.25, 0.3) is 0 Å². The summed E-state index contributed by atoms with van der Waals surface area (Å²) in [6, 6.07) is 0. The van der Waals surface area contributed by atoms with Gasteiger partial charge in [-0.25, -0.2) is 4.79 Å². The van der Waals surface area contributed by atoms with Gasteiger partial charge in [0.2, 0.25) is 0 Å². The number of esters is 1. The molecule has 0 aliphatic carbocycles. The first kappa shape index (κ1) is 15.8. The predicted octanol–water partition coefficient (Wildman–Crippen LogP) is 0.971. The highest BCUT2D eigenvalue weighted by atomic mass is 16.6. The van der Waals surface area contributed by atoms with E-state index in [2.05, 4.69) is 4.74 Å². The summed E-state index contributed by atoms with van der Waals surface area (Å²) in [6.07, 6.45) is 2.00. The van der Waals surface area contributed by atoms with E-state index in [-0.39, 0.29) is 11.7 Å². The molecule has 5 heteroatoms. The van der Waals surface area contributed by atoms with Crippen molar-refractivity contribution in [2.45, 2.75) is 26.1 Å². The molecule has 0 saturated heterocycles. The number of ether oxygens (including phenoxy) is 3. The molecule has 0 unspecified atom stereocenters. The van der Waals surface area contributed by atoms with E-state index in [1.165, 1.54) is 28.3 Å². The smallest absolute Gasteiger partial charge is 0.339 e. The normalized spacial score (nSPS) is 16.5. The number of ketones is 1. The molecule has 0 amide bonds. The van der Waals surface area contributed by atoms with Crippen LogP contribution >= 0.6 is 0 Å². The third kappa shape index (κ3) is 5.10. The van der Waals surface area contributed by atoms with E-state index in [0.29, 0.717) is 0 Å². The summed E-state index contributed by atoms with van der Waals surface area (Å²) in [6.45, 7) is 3.29. The highest BCUT2D eigenvalue weighted by Gasteiger charge is 2.20. The van der Waals surface area contributed by atoms with E-state index in [0.717, 1.165) is 0 Å². The van der Waals surface area contributed by atoms with Crippen molar-refractivity contribution in [3.05, 3.63) is 12.2 Å². The number of methoxy groups -OCH3 is 3. The lowest BCUT2D eigenvalue weighted by Crippen LogP contribution is -2.28. The van der Waals surface area contributed by atoms with Gasteiger partial charge in [-0.2, -0.15) is 0 Å². The van der Waals surface area contributed by atoms with Crippen LogP contribution in [0.3, 0.4) is 0 Å². The molecule has 0 aromatic carbocycles. The summed E-state index contributed by atoms with van der Waals surface area (Å²) < 4.78 is 14.6. The Morgan fingerprint density at radius 3 is 2.00 bits per heavy atom. The fourth-order valence-corrected chi connectivity index (χ4v) is 1.50. The van der Waals surface area contributed by atoms with Crippen LogP contribution in [0.2, 0.25) is 0 Å². The molecule has 0 rings (SSSR count). The second-order valence-electron chi connectivity index (χ2n) is 3.69. The molecule has 3 atom stereocenters. The molecule has 0 aliphatic heterocycles. The molecule has 0 bridgehead atoms. The Bertz CT molecular complexity index is 285. The fraction of sp³-hybridized carbons (Fsp3) is 0.667. The Labute approximate surface area is 102 Å². The molecule has 0 aliphatic rings. The summed E-state index contributed by atoms with van der Waals surface area (Å²) in [4.78, 5) is 22.5. The Morgan fingerprint density at radius 1 is 1.06 bits per heavy atom. The van der Waals surface area contributed by atoms with Crippen LogP contribution in [-0.2, 0) is 23.8 Å². The number of rotatable bonds is 7. The molecule has 5 nitrogen and oxygen atoms in total. The number of hydrogen-bond donors (Lipinski definition) is 0. The second kappa shape index (κ2) is 7.97. The van der Waals surface area contributed by atoms with Gasteiger partial charge >= 0.3 is 5.97 Å². The van der Waals surface area contributed by atoms with Gasteiger partial charge in [-0.15, -0.1) is 0 Å². The van der Waals surface area contributed by atoms with Gasteiger partial charge in [-0.3, -0.25) is 4.79 Å². The lowest BCUT2D eigenvalue weighted by atomic mass is 10.0. The molecule has 17 heavy (non-hydrogen) atoms. The van der Waals surface area contributed by atoms with E-state index in [1.54, 1.807) is 12.2 Å². The molecule has 0 fully saturated rings. The van der Waals surface area contributed by atoms with E-state index < -0.39 is 18.2 Å². The van der Waals surface area contributed by atoms with Crippen LogP contribution in [-0.4, -0.2) is 45.3 Å². The maximum atomic E-state index is 11.2. The zero-order valence-corrected chi connectivity index (χ0v) is 10.9. The summed E-state index contributed by atoms with van der Waals surface area (Å²) in [5.74, 6) is -0.677. The number of carbonyl (C=O) groups excluding carboxylic acids is 2. The third-order valence-corrected chi connectivity index (χ3v) is 2.41. The molecule has 0 heterocycles. The highest BCUT2D eigenvalue weighted by molar-refractivity contribution is 5.81. The largest absolute Gasteiger partial charge is 0.467 e. The van der Waals surface area contributed by atoms with Gasteiger partial charge in [-0.05, 0) is 13.0 Å². The Morgan fingerprint density at radius 2 is 1.65 bits per heavy atom. The molecule has 98 valence electrons. The zero-order chi connectivity index (χ0) is 13.4. The molecule has 0 aromatic heterocycles. The summed E-state index contributed by atoms with van der Waals surface area (Å²) >= 11 is 0. The fourth-order valence-electron chi connectivity index (χ4n) is 1.50. The molecule has 0 radical (unpaired) electrons. The molecular weight excluding hydrogens is 224 g/mol. The average Bonchev–Trinajstić information content (AvgIpc) is 2.29. The van der Waals surface area contributed by atoms with Crippen molar-refractivity contribution in [2.75, 3.05) is 21.3 Å². The Kier molecular flexibility index (Phi) is 7.41. The number of carbonyl (C=O) groups is 2. The van der Waals surface area contributed by atoms with Crippen LogP contribution in [0.25, 0.3) is 0 Å². The quantitative estimate of drug-likeness (QED) is 0.493. The highest BCUT2D eigenvalue weighted by Crippen LogP contribution is 2.11. The van der Waals surface area contributed by atoms with E-state index in [9.17, 15) is 9.59 Å². The lowest BCUT2D eigenvalue weighted by Gasteiger charge is -2.17. The number of hydrogen-bond acceptors (Lipinski definition) is 5. The van der Waals surface area contributed by atoms with Crippen molar-refractivity contribution in [3.8, 4) is 0 Å². The van der Waals surface area contributed by atoms with Gasteiger partial charge in [0.05, 0.1) is 7.11 Å². The van der Waals surface area contributed by atoms with Crippen LogP contribution < -0.4 is 0 Å². The van der Waals surface area contributed by atoms with Gasteiger partial charge in [0.1, 0.15) is 6.10 Å². The Balaban J connectivity index is 4.57. The van der Waals surface area contributed by atoms with Gasteiger partial charge in [0, 0.05) is 20.1 Å². The molecule has 0 spiro atoms. The van der Waals surface area contributed by atoms with Crippen molar-refractivity contribution in [2.24, 2.45) is 5.92 Å². The van der Waals surface area contributed by atoms with Crippen molar-refractivity contribution >= 4 is 11.8 Å². The average molecular weight is 244 g/mol. The van der Waals surface area contributed by atoms with Crippen LogP contribution in [0.15, 0.2) is 12.2 Å². The minimum absolute atomic E-state index is 0.0586. The summed E-state index contributed by atoms with van der Waals surface area (Å²) in [7, 11) is 4.18. The van der Waals surface area contributed by atoms with Crippen molar-refractivity contribution < 1.29 is 23.8 Å². The predicted molar refractivity (Wildman–Crippen MR) is 62.6 cm³/mol. The number of Topliss-reactive ketones (excluding diaryl/α,β-unsaturated/α-hetero) is 1. The summed E-state index contributed by atoms with van der Waals surface area (Å²) in [5.41, 5.74) is 0. The molecule has 0 saturated carbocycles. The first-order valence-corrected chi connectivity index (χ1v) is 5.30. The topological polar surface area (TPSA) is 61.8 Å². The minimum Gasteiger partial charge on any atom is -0.467 e. The first-order valence-electron chi connectivity index (χ1n) is 5.30. The van der Waals surface area contributed by atoms with Gasteiger partial charge < -0.3 is 14.2 Å². The SMILES string of the molecule is COC(=O)[C@H](/C=C/[C@H](C)[C@@H](OC)C(C)=O)OC. The van der Waals surface area contributed by atoms with Gasteiger partial charge in [0.15, 0.2) is 11.9 Å². The van der Waals surface area contributed by atoms with Crippen molar-refractivity contribution in [1.29, 1.82) is 0 Å². The van der Waals surface area contributed by atoms with Crippen LogP contribution in [0.5, 0.6) is 0 Å².